The van der Waals surface area contributed by atoms with Gasteiger partial charge in [-0.05, 0) is 51.9 Å². The molecule has 1 saturated heterocycles. The number of hydrogen-bond donors (Lipinski definition) is 1. The zero-order chi connectivity index (χ0) is 24.9. The number of H-pyrrole nitrogens is 1. The van der Waals surface area contributed by atoms with Gasteiger partial charge >= 0.3 is 0 Å². The molecular formula is C25H33FN6O3. The predicted octanol–water partition coefficient (Wildman–Crippen LogP) is 1.75. The Morgan fingerprint density at radius 1 is 1.17 bits per heavy atom. The van der Waals surface area contributed by atoms with E-state index in [0.717, 1.165) is 30.8 Å². The first kappa shape index (κ1) is 23.6. The normalized spacial score (nSPS) is 18.9. The smallest absolute Gasteiger partial charge is 0.257 e. The van der Waals surface area contributed by atoms with Crippen molar-refractivity contribution >= 4 is 23.4 Å². The van der Waals surface area contributed by atoms with Gasteiger partial charge in [-0.1, -0.05) is 0 Å². The molecule has 1 aromatic heterocycles. The lowest BCUT2D eigenvalue weighted by Crippen LogP contribution is -2.49. The minimum absolute atomic E-state index is 0.107. The summed E-state index contributed by atoms with van der Waals surface area (Å²) < 4.78 is 21.2. The van der Waals surface area contributed by atoms with Gasteiger partial charge in [0.15, 0.2) is 0 Å². The minimum Gasteiger partial charge on any atom is -0.490 e. The van der Waals surface area contributed by atoms with Crippen LogP contribution in [0, 0.1) is 5.82 Å². The fraction of sp³-hybridized carbons (Fsp3) is 0.560. The molecule has 3 aliphatic rings. The molecule has 3 aliphatic heterocycles. The highest BCUT2D eigenvalue weighted by atomic mass is 19.1. The van der Waals surface area contributed by atoms with E-state index < -0.39 is 5.41 Å². The Kier molecular flexibility index (Phi) is 5.94. The number of aromatic amines is 1. The number of anilines is 3. The van der Waals surface area contributed by atoms with E-state index in [9.17, 15) is 9.59 Å². The first-order valence-electron chi connectivity index (χ1n) is 12.2. The van der Waals surface area contributed by atoms with Gasteiger partial charge in [-0.25, -0.2) is 4.39 Å². The summed E-state index contributed by atoms with van der Waals surface area (Å²) in [5.74, 6) is 1.27. The lowest BCUT2D eigenvalue weighted by molar-refractivity contribution is -0.123. The number of benzene rings is 1. The van der Waals surface area contributed by atoms with Crippen molar-refractivity contribution in [3.05, 3.63) is 39.4 Å². The third-order valence-corrected chi connectivity index (χ3v) is 7.59. The molecule has 0 unspecified atom stereocenters. The van der Waals surface area contributed by atoms with Crippen molar-refractivity contribution in [3.63, 3.8) is 0 Å². The summed E-state index contributed by atoms with van der Waals surface area (Å²) in [6.45, 7) is 2.98. The number of rotatable bonds is 5. The molecule has 4 heterocycles. The van der Waals surface area contributed by atoms with Gasteiger partial charge in [0.05, 0.1) is 16.7 Å². The number of halogens is 1. The molecule has 1 amide bonds. The second-order valence-corrected chi connectivity index (χ2v) is 10.1. The largest absolute Gasteiger partial charge is 0.490 e. The van der Waals surface area contributed by atoms with E-state index in [1.807, 2.05) is 35.8 Å². The maximum Gasteiger partial charge on any atom is 0.257 e. The van der Waals surface area contributed by atoms with Crippen LogP contribution in [-0.4, -0.2) is 81.8 Å². The molecule has 5 rings (SSSR count). The molecule has 1 N–H and O–H groups in total. The summed E-state index contributed by atoms with van der Waals surface area (Å²) in [5.41, 5.74) is 0.630. The third-order valence-electron chi connectivity index (χ3n) is 7.59. The van der Waals surface area contributed by atoms with Crippen molar-refractivity contribution in [1.82, 2.24) is 14.9 Å². The molecular weight excluding hydrogens is 451 g/mol. The SMILES string of the molecule is CN(C)CCOc1ccc(F)c2c1N(C)C(=O)C21CCN(c2nc3c(c(=O)[nH]2)CCCN3C)CC1. The summed E-state index contributed by atoms with van der Waals surface area (Å²) in [6.07, 6.45) is 2.51. The van der Waals surface area contributed by atoms with Crippen molar-refractivity contribution in [1.29, 1.82) is 0 Å². The van der Waals surface area contributed by atoms with Crippen LogP contribution in [-0.2, 0) is 16.6 Å². The Bertz CT molecular complexity index is 1200. The van der Waals surface area contributed by atoms with E-state index in [-0.39, 0.29) is 17.3 Å². The standard InChI is InChI=1S/C25H33FN6O3/c1-29(2)14-15-35-18-8-7-17(26)19-20(18)31(4)23(34)25(19)9-12-32(13-10-25)24-27-21-16(22(33)28-24)6-5-11-30(21)3/h7-8H,5-6,9-15H2,1-4H3,(H,27,28,33). The van der Waals surface area contributed by atoms with Crippen LogP contribution in [0.2, 0.25) is 0 Å². The molecule has 1 spiro atoms. The second kappa shape index (κ2) is 8.82. The fourth-order valence-corrected chi connectivity index (χ4v) is 5.65. The topological polar surface area (TPSA) is 85.0 Å². The minimum atomic E-state index is -0.948. The highest BCUT2D eigenvalue weighted by Gasteiger charge is 2.54. The highest BCUT2D eigenvalue weighted by Crippen LogP contribution is 2.52. The monoisotopic (exact) mass is 484 g/mol. The summed E-state index contributed by atoms with van der Waals surface area (Å²) >= 11 is 0. The van der Waals surface area contributed by atoms with Crippen LogP contribution >= 0.6 is 0 Å². The number of amides is 1. The predicted molar refractivity (Wildman–Crippen MR) is 133 cm³/mol. The zero-order valence-electron chi connectivity index (χ0n) is 20.9. The molecule has 0 atom stereocenters. The number of hydrogen-bond acceptors (Lipinski definition) is 7. The van der Waals surface area contributed by atoms with Gasteiger partial charge < -0.3 is 24.3 Å². The van der Waals surface area contributed by atoms with Crippen LogP contribution in [0.3, 0.4) is 0 Å². The average molecular weight is 485 g/mol. The number of nitrogens with zero attached hydrogens (tertiary/aromatic N) is 5. The Morgan fingerprint density at radius 2 is 1.91 bits per heavy atom. The van der Waals surface area contributed by atoms with Crippen molar-refractivity contribution in [2.45, 2.75) is 31.1 Å². The number of piperidine rings is 1. The number of carbonyl (C=O) groups excluding carboxylic acids is 1. The summed E-state index contributed by atoms with van der Waals surface area (Å²) in [6, 6.07) is 3.02. The van der Waals surface area contributed by atoms with E-state index in [2.05, 4.69) is 4.98 Å². The zero-order valence-corrected chi connectivity index (χ0v) is 20.9. The molecule has 1 aromatic carbocycles. The average Bonchev–Trinajstić information content (AvgIpc) is 3.04. The van der Waals surface area contributed by atoms with Gasteiger partial charge in [-0.3, -0.25) is 14.6 Å². The van der Waals surface area contributed by atoms with E-state index in [1.54, 1.807) is 18.0 Å². The van der Waals surface area contributed by atoms with Gasteiger partial charge in [0, 0.05) is 45.8 Å². The molecule has 0 radical (unpaired) electrons. The van der Waals surface area contributed by atoms with Crippen molar-refractivity contribution in [2.75, 3.05) is 75.7 Å². The van der Waals surface area contributed by atoms with Crippen LogP contribution in [0.1, 0.15) is 30.4 Å². The molecule has 0 saturated carbocycles. The lowest BCUT2D eigenvalue weighted by Gasteiger charge is -2.39. The number of aromatic nitrogens is 2. The molecule has 0 bridgehead atoms. The molecule has 0 aliphatic carbocycles. The number of carbonyl (C=O) groups is 1. The van der Waals surface area contributed by atoms with Gasteiger partial charge in [0.25, 0.3) is 5.56 Å². The molecule has 35 heavy (non-hydrogen) atoms. The third kappa shape index (κ3) is 3.84. The number of fused-ring (bicyclic) bond motifs is 3. The first-order chi connectivity index (χ1) is 16.7. The van der Waals surface area contributed by atoms with Crippen molar-refractivity contribution < 1.29 is 13.9 Å². The molecule has 1 fully saturated rings. The van der Waals surface area contributed by atoms with Gasteiger partial charge in [0.2, 0.25) is 11.9 Å². The highest BCUT2D eigenvalue weighted by molar-refractivity contribution is 6.09. The van der Waals surface area contributed by atoms with E-state index in [4.69, 9.17) is 9.72 Å². The maximum atomic E-state index is 15.3. The summed E-state index contributed by atoms with van der Waals surface area (Å²) in [7, 11) is 7.56. The van der Waals surface area contributed by atoms with Crippen molar-refractivity contribution in [3.8, 4) is 5.75 Å². The Hall–Kier alpha value is -3.14. The van der Waals surface area contributed by atoms with Gasteiger partial charge in [0.1, 0.15) is 24.0 Å². The van der Waals surface area contributed by atoms with E-state index >= 15 is 4.39 Å². The van der Waals surface area contributed by atoms with Crippen LogP contribution in [0.25, 0.3) is 0 Å². The summed E-state index contributed by atoms with van der Waals surface area (Å²) in [4.78, 5) is 41.5. The van der Waals surface area contributed by atoms with Gasteiger partial charge in [-0.15, -0.1) is 0 Å². The van der Waals surface area contributed by atoms with E-state index in [0.29, 0.717) is 62.0 Å². The maximum absolute atomic E-state index is 15.3. The Labute approximate surface area is 204 Å². The number of nitrogens with one attached hydrogen (secondary N) is 1. The van der Waals surface area contributed by atoms with Crippen LogP contribution < -0.4 is 25.0 Å². The van der Waals surface area contributed by atoms with Crippen LogP contribution in [0.5, 0.6) is 5.75 Å². The van der Waals surface area contributed by atoms with Crippen molar-refractivity contribution in [2.24, 2.45) is 0 Å². The van der Waals surface area contributed by atoms with Crippen LogP contribution in [0.4, 0.5) is 21.8 Å². The molecule has 2 aromatic rings. The molecule has 9 nitrogen and oxygen atoms in total. The van der Waals surface area contributed by atoms with Gasteiger partial charge in [-0.2, -0.15) is 4.98 Å². The lowest BCUT2D eigenvalue weighted by atomic mass is 9.73. The molecule has 10 heteroatoms. The second-order valence-electron chi connectivity index (χ2n) is 10.1. The Morgan fingerprint density at radius 3 is 2.63 bits per heavy atom. The quantitative estimate of drug-likeness (QED) is 0.692. The fourth-order valence-electron chi connectivity index (χ4n) is 5.65. The number of ether oxygens (including phenoxy) is 1. The van der Waals surface area contributed by atoms with E-state index in [1.165, 1.54) is 6.07 Å². The summed E-state index contributed by atoms with van der Waals surface area (Å²) in [5, 5.41) is 0. The molecule has 188 valence electrons. The first-order valence-corrected chi connectivity index (χ1v) is 12.2. The Balaban J connectivity index is 1.43. The van der Waals surface area contributed by atoms with Crippen LogP contribution in [0.15, 0.2) is 16.9 Å². The number of likely N-dealkylation sites (N-methyl/N-ethyl adjacent to an activating group) is 2.